The lowest BCUT2D eigenvalue weighted by atomic mass is 9.92. The Morgan fingerprint density at radius 3 is 2.06 bits per heavy atom. The molecule has 3 aromatic carbocycles. The Balaban J connectivity index is 1.96. The van der Waals surface area contributed by atoms with E-state index in [9.17, 15) is 5.26 Å². The van der Waals surface area contributed by atoms with Crippen LogP contribution in [-0.4, -0.2) is 14.8 Å². The number of nitrogens with zero attached hydrogens (tertiary/aromatic N) is 4. The first-order chi connectivity index (χ1) is 15.8. The van der Waals surface area contributed by atoms with Crippen LogP contribution >= 0.6 is 0 Å². The lowest BCUT2D eigenvalue weighted by Crippen LogP contribution is -2.10. The molecule has 4 aromatic rings. The van der Waals surface area contributed by atoms with E-state index >= 15 is 0 Å². The Bertz CT molecular complexity index is 1330. The molecular weight excluding hydrogens is 404 g/mol. The van der Waals surface area contributed by atoms with Crippen molar-refractivity contribution in [1.82, 2.24) is 14.8 Å². The number of benzene rings is 3. The van der Waals surface area contributed by atoms with Crippen LogP contribution in [-0.2, 0) is 0 Å². The van der Waals surface area contributed by atoms with Gasteiger partial charge in [0, 0.05) is 11.1 Å². The third-order valence-electron chi connectivity index (χ3n) is 6.07. The van der Waals surface area contributed by atoms with E-state index in [0.29, 0.717) is 17.4 Å². The first kappa shape index (κ1) is 22.5. The average molecular weight is 435 g/mol. The minimum absolute atomic E-state index is 0.354. The first-order valence-electron chi connectivity index (χ1n) is 11.5. The molecule has 33 heavy (non-hydrogen) atoms. The van der Waals surface area contributed by atoms with Gasteiger partial charge in [0.2, 0.25) is 0 Å². The fraction of sp³-hybridized carbons (Fsp3) is 0.276. The van der Waals surface area contributed by atoms with Gasteiger partial charge in [-0.1, -0.05) is 76.2 Å². The van der Waals surface area contributed by atoms with Gasteiger partial charge in [-0.05, 0) is 60.1 Å². The summed E-state index contributed by atoms with van der Waals surface area (Å²) in [4.78, 5) is 4.84. The molecule has 0 radical (unpaired) electrons. The van der Waals surface area contributed by atoms with Crippen molar-refractivity contribution < 1.29 is 0 Å². The van der Waals surface area contributed by atoms with Crippen molar-refractivity contribution in [2.45, 2.75) is 53.4 Å². The van der Waals surface area contributed by atoms with Crippen molar-refractivity contribution in [2.75, 3.05) is 0 Å². The monoisotopic (exact) mass is 434 g/mol. The maximum absolute atomic E-state index is 9.68. The lowest BCUT2D eigenvalue weighted by molar-refractivity contribution is 0.769. The Morgan fingerprint density at radius 1 is 0.818 bits per heavy atom. The second-order valence-corrected chi connectivity index (χ2v) is 9.18. The minimum Gasteiger partial charge on any atom is -0.212 e. The third kappa shape index (κ3) is 4.19. The molecule has 0 bridgehead atoms. The van der Waals surface area contributed by atoms with E-state index in [4.69, 9.17) is 10.1 Å². The number of hydrogen-bond donors (Lipinski definition) is 0. The largest absolute Gasteiger partial charge is 0.212 e. The summed E-state index contributed by atoms with van der Waals surface area (Å²) in [5.41, 5.74) is 8.35. The number of nitriles is 1. The molecule has 1 aromatic heterocycles. The maximum Gasteiger partial charge on any atom is 0.163 e. The van der Waals surface area contributed by atoms with Crippen LogP contribution in [0.2, 0.25) is 0 Å². The average Bonchev–Trinajstić information content (AvgIpc) is 3.19. The maximum atomic E-state index is 9.68. The zero-order valence-corrected chi connectivity index (χ0v) is 20.2. The minimum atomic E-state index is 0.354. The molecule has 4 nitrogen and oxygen atoms in total. The summed E-state index contributed by atoms with van der Waals surface area (Å²) in [6.07, 6.45) is 0. The van der Waals surface area contributed by atoms with Crippen molar-refractivity contribution in [3.8, 4) is 34.3 Å². The Labute approximate surface area is 196 Å². The normalized spacial score (nSPS) is 11.2. The first-order valence-corrected chi connectivity index (χ1v) is 11.5. The molecule has 0 atom stereocenters. The van der Waals surface area contributed by atoms with Gasteiger partial charge in [-0.2, -0.15) is 10.4 Å². The molecule has 4 rings (SSSR count). The summed E-state index contributed by atoms with van der Waals surface area (Å²) in [6, 6.07) is 23.0. The van der Waals surface area contributed by atoms with Crippen LogP contribution in [0.4, 0.5) is 0 Å². The number of para-hydroxylation sites is 1. The summed E-state index contributed by atoms with van der Waals surface area (Å²) in [5, 5.41) is 14.5. The Morgan fingerprint density at radius 2 is 1.42 bits per heavy atom. The molecule has 0 amide bonds. The van der Waals surface area contributed by atoms with Crippen LogP contribution in [0, 0.1) is 25.2 Å². The highest BCUT2D eigenvalue weighted by Crippen LogP contribution is 2.35. The van der Waals surface area contributed by atoms with Crippen molar-refractivity contribution in [3.63, 3.8) is 0 Å². The second kappa shape index (κ2) is 9.03. The van der Waals surface area contributed by atoms with Gasteiger partial charge in [0.25, 0.3) is 0 Å². The van der Waals surface area contributed by atoms with Crippen LogP contribution in [0.3, 0.4) is 0 Å². The molecule has 0 aliphatic rings. The zero-order chi connectivity index (χ0) is 23.7. The molecule has 0 unspecified atom stereocenters. The predicted octanol–water partition coefficient (Wildman–Crippen LogP) is 7.34. The third-order valence-corrected chi connectivity index (χ3v) is 6.07. The quantitative estimate of drug-likeness (QED) is 0.330. The Hall–Kier alpha value is -3.71. The SMILES string of the molecule is Cc1nc(-c2cccc(-c3c(C)cccc3C#N)c2)n(-c2c(C(C)C)cccc2C(C)C)n1. The van der Waals surface area contributed by atoms with E-state index in [2.05, 4.69) is 70.2 Å². The van der Waals surface area contributed by atoms with Gasteiger partial charge in [0.05, 0.1) is 17.3 Å². The highest BCUT2D eigenvalue weighted by molar-refractivity contribution is 5.77. The van der Waals surface area contributed by atoms with Gasteiger partial charge in [-0.15, -0.1) is 0 Å². The van der Waals surface area contributed by atoms with E-state index in [0.717, 1.165) is 39.6 Å². The molecule has 4 heteroatoms. The fourth-order valence-corrected chi connectivity index (χ4v) is 4.47. The molecule has 0 spiro atoms. The predicted molar refractivity (Wildman–Crippen MR) is 135 cm³/mol. The fourth-order valence-electron chi connectivity index (χ4n) is 4.47. The van der Waals surface area contributed by atoms with Crippen molar-refractivity contribution in [2.24, 2.45) is 0 Å². The van der Waals surface area contributed by atoms with Gasteiger partial charge < -0.3 is 0 Å². The van der Waals surface area contributed by atoms with Gasteiger partial charge >= 0.3 is 0 Å². The van der Waals surface area contributed by atoms with Crippen LogP contribution in [0.25, 0.3) is 28.2 Å². The van der Waals surface area contributed by atoms with Gasteiger partial charge in [-0.25, -0.2) is 9.67 Å². The van der Waals surface area contributed by atoms with E-state index in [1.165, 1.54) is 11.1 Å². The van der Waals surface area contributed by atoms with Crippen LogP contribution in [0.15, 0.2) is 60.7 Å². The number of aromatic nitrogens is 3. The van der Waals surface area contributed by atoms with Gasteiger partial charge in [-0.3, -0.25) is 0 Å². The van der Waals surface area contributed by atoms with Crippen molar-refractivity contribution in [3.05, 3.63) is 88.7 Å². The summed E-state index contributed by atoms with van der Waals surface area (Å²) >= 11 is 0. The van der Waals surface area contributed by atoms with E-state index in [1.807, 2.05) is 42.8 Å². The van der Waals surface area contributed by atoms with Crippen molar-refractivity contribution >= 4 is 0 Å². The number of aryl methyl sites for hydroxylation is 2. The van der Waals surface area contributed by atoms with Crippen LogP contribution in [0.5, 0.6) is 0 Å². The molecule has 0 aliphatic heterocycles. The molecule has 0 saturated heterocycles. The summed E-state index contributed by atoms with van der Waals surface area (Å²) < 4.78 is 2.02. The molecule has 0 aliphatic carbocycles. The second-order valence-electron chi connectivity index (χ2n) is 9.18. The van der Waals surface area contributed by atoms with E-state index in [1.54, 1.807) is 0 Å². The number of rotatable bonds is 5. The Kier molecular flexibility index (Phi) is 6.16. The van der Waals surface area contributed by atoms with Gasteiger partial charge in [0.15, 0.2) is 5.82 Å². The zero-order valence-electron chi connectivity index (χ0n) is 20.2. The highest BCUT2D eigenvalue weighted by atomic mass is 15.4. The van der Waals surface area contributed by atoms with Gasteiger partial charge in [0.1, 0.15) is 5.82 Å². The smallest absolute Gasteiger partial charge is 0.163 e. The van der Waals surface area contributed by atoms with Crippen molar-refractivity contribution in [1.29, 1.82) is 5.26 Å². The summed E-state index contributed by atoms with van der Waals surface area (Å²) in [5.74, 6) is 2.26. The standard InChI is InChI=1S/C29H30N4/c1-18(2)25-14-9-15-26(19(3)4)28(25)33-29(31-21(6)32-33)23-12-8-11-22(16-23)27-20(5)10-7-13-24(27)17-30/h7-16,18-19H,1-6H3. The lowest BCUT2D eigenvalue weighted by Gasteiger charge is -2.20. The number of hydrogen-bond acceptors (Lipinski definition) is 3. The summed E-state index contributed by atoms with van der Waals surface area (Å²) in [6.45, 7) is 12.8. The van der Waals surface area contributed by atoms with E-state index < -0.39 is 0 Å². The topological polar surface area (TPSA) is 54.5 Å². The summed E-state index contributed by atoms with van der Waals surface area (Å²) in [7, 11) is 0. The molecule has 0 N–H and O–H groups in total. The molecular formula is C29H30N4. The van der Waals surface area contributed by atoms with Crippen LogP contribution < -0.4 is 0 Å². The molecule has 0 fully saturated rings. The molecule has 0 saturated carbocycles. The molecule has 1 heterocycles. The highest BCUT2D eigenvalue weighted by Gasteiger charge is 2.21. The van der Waals surface area contributed by atoms with E-state index in [-0.39, 0.29) is 0 Å². The van der Waals surface area contributed by atoms with Crippen LogP contribution in [0.1, 0.15) is 67.6 Å². The molecule has 166 valence electrons.